The molecule has 0 fully saturated rings. The third-order valence-corrected chi connectivity index (χ3v) is 5.44. The summed E-state index contributed by atoms with van der Waals surface area (Å²) in [5.41, 5.74) is 1.90. The Morgan fingerprint density at radius 2 is 1.87 bits per heavy atom. The van der Waals surface area contributed by atoms with Crippen LogP contribution in [0.15, 0.2) is 47.8 Å². The first-order chi connectivity index (χ1) is 14.5. The molecule has 1 aromatic heterocycles. The molecule has 0 spiro atoms. The van der Waals surface area contributed by atoms with Gasteiger partial charge in [-0.15, -0.1) is 0 Å². The lowest BCUT2D eigenvalue weighted by molar-refractivity contribution is -0.113. The summed E-state index contributed by atoms with van der Waals surface area (Å²) in [6, 6.07) is 8.61. The number of carbonyl (C=O) groups is 1. The molecule has 1 aliphatic heterocycles. The van der Waals surface area contributed by atoms with E-state index >= 15 is 0 Å². The summed E-state index contributed by atoms with van der Waals surface area (Å²) in [5.74, 6) is -0.412. The van der Waals surface area contributed by atoms with Crippen molar-refractivity contribution in [2.24, 2.45) is 0 Å². The first kappa shape index (κ1) is 20.2. The maximum atomic E-state index is 13.3. The molecule has 2 aromatic carbocycles. The van der Waals surface area contributed by atoms with Crippen molar-refractivity contribution in [2.75, 3.05) is 24.3 Å². The Labute approximate surface area is 176 Å². The topological polar surface area (TPSA) is 65.4 Å². The molecule has 0 unspecified atom stereocenters. The van der Waals surface area contributed by atoms with Crippen molar-refractivity contribution in [3.63, 3.8) is 0 Å². The number of amides is 1. The Balaban J connectivity index is 1.46. The quantitative estimate of drug-likeness (QED) is 0.588. The molecule has 0 bridgehead atoms. The number of nitrogens with one attached hydrogen (secondary N) is 1. The molecule has 9 heteroatoms. The van der Waals surface area contributed by atoms with Gasteiger partial charge in [-0.2, -0.15) is 0 Å². The molecule has 156 valence electrons. The zero-order valence-corrected chi connectivity index (χ0v) is 17.0. The monoisotopic (exact) mass is 431 g/mol. The standard InChI is InChI=1S/C21H19F2N3O3S/c1-2-26-17(13-3-4-18-19(7-13)29-6-5-28-18)11-24-21(26)30-12-20(27)25-16-9-14(22)8-15(23)10-16/h3-4,7-11H,2,5-6,12H2,1H3,(H,25,27). The average molecular weight is 431 g/mol. The van der Waals surface area contributed by atoms with E-state index in [1.165, 1.54) is 11.8 Å². The van der Waals surface area contributed by atoms with E-state index in [9.17, 15) is 13.6 Å². The molecule has 1 aliphatic rings. The molecule has 1 amide bonds. The molecule has 2 heterocycles. The molecule has 0 saturated heterocycles. The summed E-state index contributed by atoms with van der Waals surface area (Å²) in [4.78, 5) is 16.6. The van der Waals surface area contributed by atoms with Gasteiger partial charge in [-0.05, 0) is 37.3 Å². The number of carbonyl (C=O) groups excluding carboxylic acids is 1. The molecule has 0 aliphatic carbocycles. The smallest absolute Gasteiger partial charge is 0.234 e. The number of hydrogen-bond acceptors (Lipinski definition) is 5. The van der Waals surface area contributed by atoms with Crippen LogP contribution in [0.5, 0.6) is 11.5 Å². The van der Waals surface area contributed by atoms with Crippen molar-refractivity contribution in [3.8, 4) is 22.8 Å². The molecule has 3 aromatic rings. The van der Waals surface area contributed by atoms with Gasteiger partial charge in [-0.3, -0.25) is 4.79 Å². The highest BCUT2D eigenvalue weighted by Crippen LogP contribution is 2.35. The Morgan fingerprint density at radius 3 is 2.60 bits per heavy atom. The summed E-state index contributed by atoms with van der Waals surface area (Å²) in [6.45, 7) is 3.69. The second-order valence-electron chi connectivity index (χ2n) is 6.52. The van der Waals surface area contributed by atoms with Crippen LogP contribution in [0.4, 0.5) is 14.5 Å². The van der Waals surface area contributed by atoms with Crippen LogP contribution < -0.4 is 14.8 Å². The molecule has 6 nitrogen and oxygen atoms in total. The Bertz CT molecular complexity index is 1070. The van der Waals surface area contributed by atoms with Gasteiger partial charge in [0.25, 0.3) is 0 Å². The van der Waals surface area contributed by atoms with Gasteiger partial charge in [0.1, 0.15) is 24.8 Å². The molecule has 0 saturated carbocycles. The van der Waals surface area contributed by atoms with E-state index in [1.807, 2.05) is 29.7 Å². The van der Waals surface area contributed by atoms with Crippen molar-refractivity contribution in [1.29, 1.82) is 0 Å². The van der Waals surface area contributed by atoms with Crippen LogP contribution in [0, 0.1) is 11.6 Å². The van der Waals surface area contributed by atoms with Gasteiger partial charge in [0.05, 0.1) is 17.6 Å². The van der Waals surface area contributed by atoms with Gasteiger partial charge in [-0.25, -0.2) is 13.8 Å². The van der Waals surface area contributed by atoms with Crippen molar-refractivity contribution in [1.82, 2.24) is 9.55 Å². The minimum absolute atomic E-state index is 0.0513. The van der Waals surface area contributed by atoms with Crippen molar-refractivity contribution in [3.05, 3.63) is 54.2 Å². The lowest BCUT2D eigenvalue weighted by atomic mass is 10.1. The zero-order chi connectivity index (χ0) is 21.1. The number of thioether (sulfide) groups is 1. The fraction of sp³-hybridized carbons (Fsp3) is 0.238. The second-order valence-corrected chi connectivity index (χ2v) is 7.47. The number of rotatable bonds is 6. The van der Waals surface area contributed by atoms with Crippen molar-refractivity contribution in [2.45, 2.75) is 18.6 Å². The fourth-order valence-electron chi connectivity index (χ4n) is 3.17. The number of imidazole rings is 1. The van der Waals surface area contributed by atoms with Gasteiger partial charge < -0.3 is 19.4 Å². The number of halogens is 2. The highest BCUT2D eigenvalue weighted by atomic mass is 32.2. The van der Waals surface area contributed by atoms with Crippen LogP contribution in [0.2, 0.25) is 0 Å². The first-order valence-corrected chi connectivity index (χ1v) is 10.4. The maximum Gasteiger partial charge on any atom is 0.234 e. The van der Waals surface area contributed by atoms with Gasteiger partial charge in [0.2, 0.25) is 5.91 Å². The molecular weight excluding hydrogens is 412 g/mol. The predicted molar refractivity (Wildman–Crippen MR) is 110 cm³/mol. The first-order valence-electron chi connectivity index (χ1n) is 9.38. The molecule has 1 N–H and O–H groups in total. The zero-order valence-electron chi connectivity index (χ0n) is 16.2. The van der Waals surface area contributed by atoms with E-state index in [2.05, 4.69) is 10.3 Å². The summed E-state index contributed by atoms with van der Waals surface area (Å²) < 4.78 is 39.7. The number of ether oxygens (including phenoxy) is 2. The highest BCUT2D eigenvalue weighted by molar-refractivity contribution is 7.99. The number of anilines is 1. The molecule has 0 atom stereocenters. The number of benzene rings is 2. The second kappa shape index (κ2) is 8.74. The van der Waals surface area contributed by atoms with Gasteiger partial charge in [0, 0.05) is 23.9 Å². The summed E-state index contributed by atoms with van der Waals surface area (Å²) >= 11 is 1.25. The Kier molecular flexibility index (Phi) is 5.89. The highest BCUT2D eigenvalue weighted by Gasteiger charge is 2.17. The van der Waals surface area contributed by atoms with Crippen LogP contribution in [-0.4, -0.2) is 34.4 Å². The van der Waals surface area contributed by atoms with Gasteiger partial charge in [-0.1, -0.05) is 11.8 Å². The maximum absolute atomic E-state index is 13.3. The lowest BCUT2D eigenvalue weighted by Gasteiger charge is -2.19. The predicted octanol–water partition coefficient (Wildman–Crippen LogP) is 4.35. The van der Waals surface area contributed by atoms with Crippen LogP contribution in [0.3, 0.4) is 0 Å². The molecule has 30 heavy (non-hydrogen) atoms. The van der Waals surface area contributed by atoms with Crippen LogP contribution in [0.1, 0.15) is 6.92 Å². The van der Waals surface area contributed by atoms with E-state index in [0.29, 0.717) is 36.4 Å². The summed E-state index contributed by atoms with van der Waals surface area (Å²) in [6.07, 6.45) is 1.75. The molecule has 4 rings (SSSR count). The van der Waals surface area contributed by atoms with E-state index in [4.69, 9.17) is 9.47 Å². The number of fused-ring (bicyclic) bond motifs is 1. The van der Waals surface area contributed by atoms with Gasteiger partial charge >= 0.3 is 0 Å². The SMILES string of the molecule is CCn1c(-c2ccc3c(c2)OCCO3)cnc1SCC(=O)Nc1cc(F)cc(F)c1. The van der Waals surface area contributed by atoms with Crippen LogP contribution >= 0.6 is 11.8 Å². The van der Waals surface area contributed by atoms with E-state index in [1.54, 1.807) is 6.20 Å². The van der Waals surface area contributed by atoms with Crippen molar-refractivity contribution < 1.29 is 23.0 Å². The third kappa shape index (κ3) is 4.40. The van der Waals surface area contributed by atoms with Crippen LogP contribution in [0.25, 0.3) is 11.3 Å². The number of nitrogens with zero attached hydrogens (tertiary/aromatic N) is 2. The van der Waals surface area contributed by atoms with E-state index in [-0.39, 0.29) is 17.3 Å². The minimum atomic E-state index is -0.747. The normalized spacial score (nSPS) is 12.6. The van der Waals surface area contributed by atoms with Crippen molar-refractivity contribution >= 4 is 23.4 Å². The number of hydrogen-bond donors (Lipinski definition) is 1. The summed E-state index contributed by atoms with van der Waals surface area (Å²) in [7, 11) is 0. The lowest BCUT2D eigenvalue weighted by Crippen LogP contribution is -2.15. The van der Waals surface area contributed by atoms with E-state index < -0.39 is 11.6 Å². The fourth-order valence-corrected chi connectivity index (χ4v) is 4.01. The average Bonchev–Trinajstić information content (AvgIpc) is 3.14. The largest absolute Gasteiger partial charge is 0.486 e. The number of aromatic nitrogens is 2. The summed E-state index contributed by atoms with van der Waals surface area (Å²) in [5, 5.41) is 3.17. The molecular formula is C21H19F2N3O3S. The third-order valence-electron chi connectivity index (χ3n) is 4.45. The minimum Gasteiger partial charge on any atom is -0.486 e. The van der Waals surface area contributed by atoms with E-state index in [0.717, 1.165) is 29.5 Å². The van der Waals surface area contributed by atoms with Crippen LogP contribution in [-0.2, 0) is 11.3 Å². The molecule has 0 radical (unpaired) electrons. The van der Waals surface area contributed by atoms with Gasteiger partial charge in [0.15, 0.2) is 16.7 Å². The Morgan fingerprint density at radius 1 is 1.13 bits per heavy atom. The Hall–Kier alpha value is -3.07.